The summed E-state index contributed by atoms with van der Waals surface area (Å²) in [7, 11) is 0. The van der Waals surface area contributed by atoms with E-state index in [2.05, 4.69) is 25.3 Å². The quantitative estimate of drug-likeness (QED) is 0.738. The first-order valence-corrected chi connectivity index (χ1v) is 7.06. The first kappa shape index (κ1) is 12.7. The number of hydrogen-bond acceptors (Lipinski definition) is 5. The number of halogens is 2. The number of nitrogens with zero attached hydrogens (tertiary/aromatic N) is 5. The van der Waals surface area contributed by atoms with Crippen molar-refractivity contribution in [2.45, 2.75) is 0 Å². The van der Waals surface area contributed by atoms with Gasteiger partial charge in [-0.3, -0.25) is 0 Å². The molecule has 1 saturated heterocycles. The lowest BCUT2D eigenvalue weighted by atomic mass is 10.2. The highest BCUT2D eigenvalue weighted by Crippen LogP contribution is 2.28. The van der Waals surface area contributed by atoms with E-state index in [1.54, 1.807) is 10.6 Å². The molecule has 3 heterocycles. The highest BCUT2D eigenvalue weighted by molar-refractivity contribution is 6.31. The fourth-order valence-corrected chi connectivity index (χ4v) is 2.79. The summed E-state index contributed by atoms with van der Waals surface area (Å²) in [6.45, 7) is 3.41. The Bertz CT molecular complexity index is 826. The molecule has 0 spiro atoms. The number of aromatic nitrogens is 4. The van der Waals surface area contributed by atoms with Gasteiger partial charge in [0.2, 0.25) is 5.95 Å². The van der Waals surface area contributed by atoms with Crippen LogP contribution in [-0.4, -0.2) is 45.8 Å². The van der Waals surface area contributed by atoms with E-state index in [0.29, 0.717) is 22.5 Å². The van der Waals surface area contributed by atoms with Gasteiger partial charge < -0.3 is 10.2 Å². The molecule has 6 nitrogen and oxygen atoms in total. The lowest BCUT2D eigenvalue weighted by Crippen LogP contribution is -2.44. The van der Waals surface area contributed by atoms with Crippen molar-refractivity contribution in [1.29, 1.82) is 0 Å². The molecule has 0 amide bonds. The molecule has 0 bridgehead atoms. The van der Waals surface area contributed by atoms with Crippen LogP contribution < -0.4 is 10.2 Å². The zero-order valence-electron chi connectivity index (χ0n) is 11.1. The van der Waals surface area contributed by atoms with Crippen LogP contribution in [0.15, 0.2) is 18.5 Å². The largest absolute Gasteiger partial charge is 0.338 e. The highest BCUT2D eigenvalue weighted by Gasteiger charge is 2.20. The van der Waals surface area contributed by atoms with Gasteiger partial charge in [-0.05, 0) is 12.1 Å². The molecule has 21 heavy (non-hydrogen) atoms. The van der Waals surface area contributed by atoms with Gasteiger partial charge in [-0.15, -0.1) is 0 Å². The third-order valence-electron chi connectivity index (χ3n) is 3.65. The average molecular weight is 307 g/mol. The summed E-state index contributed by atoms with van der Waals surface area (Å²) in [5.74, 6) is 0.171. The van der Waals surface area contributed by atoms with Gasteiger partial charge in [0.15, 0.2) is 11.5 Å². The van der Waals surface area contributed by atoms with Crippen molar-refractivity contribution >= 4 is 34.1 Å². The fourth-order valence-electron chi connectivity index (χ4n) is 2.63. The molecule has 0 radical (unpaired) electrons. The first-order valence-electron chi connectivity index (χ1n) is 6.69. The van der Waals surface area contributed by atoms with Crippen molar-refractivity contribution in [2.24, 2.45) is 0 Å². The monoisotopic (exact) mass is 306 g/mol. The molecule has 4 rings (SSSR count). The molecule has 3 aromatic rings. The molecule has 1 fully saturated rings. The number of benzene rings is 1. The van der Waals surface area contributed by atoms with Crippen molar-refractivity contribution in [3.8, 4) is 0 Å². The first-order chi connectivity index (χ1) is 10.3. The molecule has 2 aromatic heterocycles. The van der Waals surface area contributed by atoms with Crippen LogP contribution in [0.5, 0.6) is 0 Å². The van der Waals surface area contributed by atoms with Gasteiger partial charge in [0.05, 0.1) is 15.9 Å². The van der Waals surface area contributed by atoms with Gasteiger partial charge in [-0.1, -0.05) is 11.6 Å². The van der Waals surface area contributed by atoms with E-state index in [0.717, 1.165) is 26.2 Å². The molecule has 8 heteroatoms. The van der Waals surface area contributed by atoms with E-state index in [1.165, 1.54) is 12.4 Å². The molecular formula is C13H12ClFN6. The number of hydrogen-bond donors (Lipinski definition) is 1. The predicted octanol–water partition coefficient (Wildman–Crippen LogP) is 1.48. The van der Waals surface area contributed by atoms with Gasteiger partial charge in [-0.2, -0.15) is 9.61 Å². The second kappa shape index (κ2) is 4.78. The number of anilines is 1. The Morgan fingerprint density at radius 2 is 2.05 bits per heavy atom. The minimum Gasteiger partial charge on any atom is -0.338 e. The van der Waals surface area contributed by atoms with E-state index in [-0.39, 0.29) is 5.02 Å². The molecule has 0 unspecified atom stereocenters. The second-order valence-corrected chi connectivity index (χ2v) is 5.31. The van der Waals surface area contributed by atoms with E-state index in [1.807, 2.05) is 0 Å². The van der Waals surface area contributed by atoms with Crippen LogP contribution >= 0.6 is 11.6 Å². The van der Waals surface area contributed by atoms with E-state index in [9.17, 15) is 4.39 Å². The molecule has 0 saturated carbocycles. The Balaban J connectivity index is 2.03. The molecule has 0 atom stereocenters. The highest BCUT2D eigenvalue weighted by atomic mass is 35.5. The summed E-state index contributed by atoms with van der Waals surface area (Å²) in [5.41, 5.74) is 0.972. The van der Waals surface area contributed by atoms with Crippen molar-refractivity contribution in [1.82, 2.24) is 24.9 Å². The summed E-state index contributed by atoms with van der Waals surface area (Å²) in [5, 5.41) is 7.84. The summed E-state index contributed by atoms with van der Waals surface area (Å²) in [4.78, 5) is 10.9. The summed E-state index contributed by atoms with van der Waals surface area (Å²) < 4.78 is 15.9. The maximum atomic E-state index is 14.3. The molecule has 1 N–H and O–H groups in total. The summed E-state index contributed by atoms with van der Waals surface area (Å²) in [6.07, 6.45) is 1.41. The second-order valence-electron chi connectivity index (χ2n) is 4.90. The molecule has 1 aliphatic heterocycles. The Labute approximate surface area is 124 Å². The van der Waals surface area contributed by atoms with E-state index >= 15 is 0 Å². The molecule has 0 aliphatic carbocycles. The SMILES string of the molecule is Fc1c(Cl)ccc2nc(N3CCNCC3)n3ncnc3c12. The third kappa shape index (κ3) is 1.92. The average Bonchev–Trinajstić information content (AvgIpc) is 3.00. The molecule has 108 valence electrons. The smallest absolute Gasteiger partial charge is 0.229 e. The van der Waals surface area contributed by atoms with Crippen LogP contribution in [0.2, 0.25) is 5.02 Å². The van der Waals surface area contributed by atoms with Crippen LogP contribution in [0.1, 0.15) is 0 Å². The van der Waals surface area contributed by atoms with Gasteiger partial charge in [0.25, 0.3) is 0 Å². The number of rotatable bonds is 1. The van der Waals surface area contributed by atoms with Crippen LogP contribution in [0.4, 0.5) is 10.3 Å². The predicted molar refractivity (Wildman–Crippen MR) is 78.3 cm³/mol. The van der Waals surface area contributed by atoms with Crippen LogP contribution in [0, 0.1) is 5.82 Å². The minimum atomic E-state index is -0.508. The number of piperazine rings is 1. The van der Waals surface area contributed by atoms with Gasteiger partial charge >= 0.3 is 0 Å². The lowest BCUT2D eigenvalue weighted by molar-refractivity contribution is 0.575. The molecular weight excluding hydrogens is 295 g/mol. The van der Waals surface area contributed by atoms with Gasteiger partial charge in [0.1, 0.15) is 6.33 Å². The van der Waals surface area contributed by atoms with Crippen molar-refractivity contribution in [2.75, 3.05) is 31.1 Å². The van der Waals surface area contributed by atoms with E-state index in [4.69, 9.17) is 11.6 Å². The zero-order chi connectivity index (χ0) is 14.4. The number of fused-ring (bicyclic) bond motifs is 3. The summed E-state index contributed by atoms with van der Waals surface area (Å²) >= 11 is 5.86. The maximum absolute atomic E-state index is 14.3. The van der Waals surface area contributed by atoms with Crippen molar-refractivity contribution in [3.05, 3.63) is 29.3 Å². The third-order valence-corrected chi connectivity index (χ3v) is 3.95. The zero-order valence-corrected chi connectivity index (χ0v) is 11.8. The van der Waals surface area contributed by atoms with Crippen molar-refractivity contribution in [3.63, 3.8) is 0 Å². The molecule has 1 aliphatic rings. The Hall–Kier alpha value is -1.99. The lowest BCUT2D eigenvalue weighted by Gasteiger charge is -2.28. The molecule has 1 aromatic carbocycles. The van der Waals surface area contributed by atoms with E-state index < -0.39 is 5.82 Å². The summed E-state index contributed by atoms with van der Waals surface area (Å²) in [6, 6.07) is 3.22. The topological polar surface area (TPSA) is 58.4 Å². The van der Waals surface area contributed by atoms with Gasteiger partial charge in [0, 0.05) is 26.2 Å². The van der Waals surface area contributed by atoms with Crippen LogP contribution in [-0.2, 0) is 0 Å². The van der Waals surface area contributed by atoms with Gasteiger partial charge in [-0.25, -0.2) is 14.4 Å². The Morgan fingerprint density at radius 3 is 2.86 bits per heavy atom. The fraction of sp³-hybridized carbons (Fsp3) is 0.308. The van der Waals surface area contributed by atoms with Crippen LogP contribution in [0.25, 0.3) is 16.6 Å². The van der Waals surface area contributed by atoms with Crippen molar-refractivity contribution < 1.29 is 4.39 Å². The minimum absolute atomic E-state index is 0.0594. The number of nitrogens with one attached hydrogen (secondary N) is 1. The Morgan fingerprint density at radius 1 is 1.24 bits per heavy atom. The maximum Gasteiger partial charge on any atom is 0.229 e. The standard InChI is InChI=1S/C13H12ClFN6/c14-8-1-2-9-10(11(8)15)12-17-7-18-21(12)13(19-9)20-5-3-16-4-6-20/h1-2,7,16H,3-6H2. The normalized spacial score (nSPS) is 16.0. The van der Waals surface area contributed by atoms with Crippen LogP contribution in [0.3, 0.4) is 0 Å². The Kier molecular flexibility index (Phi) is 2.90.